The van der Waals surface area contributed by atoms with Crippen LogP contribution in [0.25, 0.3) is 0 Å². The summed E-state index contributed by atoms with van der Waals surface area (Å²) in [6, 6.07) is 0. The Hall–Kier alpha value is 1.13. The molecule has 12 radical (unpaired) electrons. The predicted molar refractivity (Wildman–Crippen MR) is 86.6 cm³/mol. The molecule has 1 fully saturated rings. The van der Waals surface area contributed by atoms with Crippen LogP contribution in [0.1, 0.15) is 0 Å². The minimum absolute atomic E-state index is 0.594. The summed E-state index contributed by atoms with van der Waals surface area (Å²) in [5, 5.41) is 0.594. The molecule has 0 spiro atoms. The van der Waals surface area contributed by atoms with Crippen LogP contribution in [0.3, 0.4) is 0 Å². The van der Waals surface area contributed by atoms with Crippen LogP contribution in [0.15, 0.2) is 0 Å². The summed E-state index contributed by atoms with van der Waals surface area (Å²) < 4.78 is 0. The van der Waals surface area contributed by atoms with E-state index >= 15 is 0 Å². The molecular formula is C2H4B12S. The molecule has 0 aromatic heterocycles. The first-order chi connectivity index (χ1) is 7.34. The number of hydrogen-bond acceptors (Lipinski definition) is 1. The molecule has 1 heterocycles. The highest BCUT2D eigenvalue weighted by molar-refractivity contribution is 7.86. The largest absolute Gasteiger partial charge is 0.186 e. The average Bonchev–Trinajstić information content (AvgIpc) is 2.92. The summed E-state index contributed by atoms with van der Waals surface area (Å²) in [5.74, 6) is 0. The van der Waals surface area contributed by atoms with Crippen molar-refractivity contribution >= 4 is 97.6 Å². The maximum Gasteiger partial charge on any atom is 0.106 e. The van der Waals surface area contributed by atoms with Crippen molar-refractivity contribution in [1.82, 2.24) is 0 Å². The van der Waals surface area contributed by atoms with Gasteiger partial charge < -0.3 is 0 Å². The Labute approximate surface area is 109 Å². The van der Waals surface area contributed by atoms with Crippen molar-refractivity contribution in [3.63, 3.8) is 0 Å². The van der Waals surface area contributed by atoms with E-state index in [1.54, 1.807) is 7.06 Å². The van der Waals surface area contributed by atoms with E-state index in [0.29, 0.717) is 11.8 Å². The number of rotatable bonds is 10. The summed E-state index contributed by atoms with van der Waals surface area (Å²) in [4.78, 5) is 0. The molecule has 1 unspecified atom stereocenters. The van der Waals surface area contributed by atoms with Crippen LogP contribution in [0.2, 0.25) is 6.32 Å². The molecule has 15 heavy (non-hydrogen) atoms. The highest BCUT2D eigenvalue weighted by atomic mass is 32.1. The Bertz CT molecular complexity index is 153. The second kappa shape index (κ2) is 9.19. The van der Waals surface area contributed by atoms with Crippen molar-refractivity contribution in [3.8, 4) is 0 Å². The van der Waals surface area contributed by atoms with Gasteiger partial charge in [-0.2, -0.15) is 12.6 Å². The van der Waals surface area contributed by atoms with Crippen LogP contribution in [-0.4, -0.2) is 90.1 Å². The Kier molecular flexibility index (Phi) is 8.69. The van der Waals surface area contributed by atoms with Crippen LogP contribution >= 0.6 is 12.6 Å². The first kappa shape index (κ1) is 14.2. The molecule has 0 bridgehead atoms. The van der Waals surface area contributed by atoms with E-state index in [4.69, 9.17) is 7.74 Å². The van der Waals surface area contributed by atoms with Crippen LogP contribution in [0.5, 0.6) is 0 Å². The molecule has 0 N–H and O–H groups in total. The molecule has 1 saturated heterocycles. The zero-order valence-electron chi connectivity index (χ0n) is 8.66. The summed E-state index contributed by atoms with van der Waals surface area (Å²) in [5.41, 5.74) is 0. The van der Waals surface area contributed by atoms with E-state index in [1.807, 2.05) is 42.4 Å². The highest BCUT2D eigenvalue weighted by Gasteiger charge is 2.35. The van der Waals surface area contributed by atoms with Crippen LogP contribution in [0.4, 0.5) is 0 Å². The van der Waals surface area contributed by atoms with Crippen molar-refractivity contribution < 1.29 is 0 Å². The normalized spacial score (nSPS) is 16.9. The molecule has 1 aliphatic rings. The fourth-order valence-electron chi connectivity index (χ4n) is 1.06. The quantitative estimate of drug-likeness (QED) is 0.204. The van der Waals surface area contributed by atoms with Gasteiger partial charge in [0.15, 0.2) is 0 Å². The molecule has 13 heteroatoms. The third-order valence-electron chi connectivity index (χ3n) is 2.05. The van der Waals surface area contributed by atoms with Gasteiger partial charge >= 0.3 is 0 Å². The van der Waals surface area contributed by atoms with Crippen LogP contribution < -0.4 is 0 Å². The smallest absolute Gasteiger partial charge is 0.106 e. The third-order valence-corrected chi connectivity index (χ3v) is 2.65. The van der Waals surface area contributed by atoms with Gasteiger partial charge in [-0.15, -0.1) is 0 Å². The first-order valence-corrected chi connectivity index (χ1v) is 5.59. The van der Waals surface area contributed by atoms with Crippen molar-refractivity contribution in [1.29, 1.82) is 0 Å². The van der Waals surface area contributed by atoms with Crippen LogP contribution in [-0.2, 0) is 0 Å². The van der Waals surface area contributed by atoms with Gasteiger partial charge in [0.25, 0.3) is 0 Å². The van der Waals surface area contributed by atoms with Crippen molar-refractivity contribution in [2.75, 3.05) is 0 Å². The molecule has 54 valence electrons. The van der Waals surface area contributed by atoms with Gasteiger partial charge in [0, 0.05) is 78.3 Å². The lowest BCUT2D eigenvalue weighted by molar-refractivity contribution is 1.63. The van der Waals surface area contributed by atoms with E-state index in [-0.39, 0.29) is 0 Å². The molecule has 0 nitrogen and oxygen atoms in total. The lowest BCUT2D eigenvalue weighted by Gasteiger charge is -1.95. The fraction of sp³-hybridized carbons (Fsp3) is 1.00. The SMILES string of the molecule is [B][B][B][B][B][B][B][B][B][B][B]B1CC1S. The van der Waals surface area contributed by atoms with E-state index in [1.165, 1.54) is 13.4 Å². The van der Waals surface area contributed by atoms with Gasteiger partial charge in [0.1, 0.15) is 6.60 Å². The van der Waals surface area contributed by atoms with E-state index in [0.717, 1.165) is 0 Å². The van der Waals surface area contributed by atoms with Crippen molar-refractivity contribution in [3.05, 3.63) is 0 Å². The van der Waals surface area contributed by atoms with E-state index in [9.17, 15) is 0 Å². The number of thiol groups is 1. The van der Waals surface area contributed by atoms with Crippen molar-refractivity contribution in [2.45, 2.75) is 11.5 Å². The maximum atomic E-state index is 5.17. The zero-order valence-corrected chi connectivity index (χ0v) is 9.55. The van der Waals surface area contributed by atoms with Gasteiger partial charge in [0.05, 0.1) is 0 Å². The summed E-state index contributed by atoms with van der Waals surface area (Å²) in [6.07, 6.45) is 1.22. The molecule has 0 aliphatic carbocycles. The molecule has 1 rings (SSSR count). The third kappa shape index (κ3) is 7.93. The lowest BCUT2D eigenvalue weighted by atomic mass is 8.86. The topological polar surface area (TPSA) is 0 Å². The molecular weight excluding hydrogens is 186 g/mol. The minimum Gasteiger partial charge on any atom is -0.186 e. The Balaban J connectivity index is 1.66. The molecule has 1 aliphatic heterocycles. The van der Waals surface area contributed by atoms with Crippen molar-refractivity contribution in [2.24, 2.45) is 0 Å². The van der Waals surface area contributed by atoms with Gasteiger partial charge in [-0.05, 0) is 5.15 Å². The Morgan fingerprint density at radius 3 is 1.87 bits per heavy atom. The molecule has 0 saturated carbocycles. The second-order valence-corrected chi connectivity index (χ2v) is 4.05. The minimum atomic E-state index is 0.594. The van der Waals surface area contributed by atoms with Crippen LogP contribution in [0, 0.1) is 0 Å². The van der Waals surface area contributed by atoms with Gasteiger partial charge in [-0.1, -0.05) is 6.32 Å². The Morgan fingerprint density at radius 1 is 0.933 bits per heavy atom. The standard InChI is InChI=1S/C2H4B12S/c3-4-5-6-7-8-9-10-11-12-13-14-1-2(14)15/h2,15H,1H2. The second-order valence-electron chi connectivity index (χ2n) is 3.39. The lowest BCUT2D eigenvalue weighted by Crippen LogP contribution is -2.33. The van der Waals surface area contributed by atoms with E-state index < -0.39 is 0 Å². The summed E-state index contributed by atoms with van der Waals surface area (Å²) >= 11 is 4.35. The molecule has 1 atom stereocenters. The van der Waals surface area contributed by atoms with E-state index in [2.05, 4.69) is 26.8 Å². The van der Waals surface area contributed by atoms with Gasteiger partial charge in [-0.25, -0.2) is 0 Å². The molecule has 0 aromatic rings. The summed E-state index contributed by atoms with van der Waals surface area (Å²) in [6.45, 7) is 0.691. The summed E-state index contributed by atoms with van der Waals surface area (Å²) in [7, 11) is 24.5. The highest BCUT2D eigenvalue weighted by Crippen LogP contribution is 2.25. The van der Waals surface area contributed by atoms with Gasteiger partial charge in [0.2, 0.25) is 0 Å². The predicted octanol–water partition coefficient (Wildman–Crippen LogP) is -3.81. The zero-order chi connectivity index (χ0) is 10.9. The maximum absolute atomic E-state index is 5.17. The molecule has 0 aromatic carbocycles. The monoisotopic (exact) mass is 192 g/mol. The average molecular weight is 190 g/mol. The Morgan fingerprint density at radius 2 is 1.40 bits per heavy atom. The molecule has 0 amide bonds. The number of hydrogen-bond donors (Lipinski definition) is 1. The first-order valence-electron chi connectivity index (χ1n) is 5.07. The van der Waals surface area contributed by atoms with Gasteiger partial charge in [-0.3, -0.25) is 0 Å². The fourth-order valence-corrected chi connectivity index (χ4v) is 1.41.